The molecule has 0 saturated carbocycles. The lowest BCUT2D eigenvalue weighted by Gasteiger charge is -2.28. The van der Waals surface area contributed by atoms with E-state index in [4.69, 9.17) is 4.74 Å². The predicted octanol–water partition coefficient (Wildman–Crippen LogP) is 2.94. The van der Waals surface area contributed by atoms with Crippen LogP contribution in [0, 0.1) is 0 Å². The van der Waals surface area contributed by atoms with Crippen molar-refractivity contribution in [2.75, 3.05) is 13.2 Å². The second kappa shape index (κ2) is 6.64. The van der Waals surface area contributed by atoms with Crippen molar-refractivity contribution >= 4 is 0 Å². The van der Waals surface area contributed by atoms with Crippen LogP contribution in [0.25, 0.3) is 0 Å². The summed E-state index contributed by atoms with van der Waals surface area (Å²) in [5, 5.41) is 3.75. The van der Waals surface area contributed by atoms with Gasteiger partial charge in [-0.05, 0) is 30.5 Å². The van der Waals surface area contributed by atoms with E-state index in [0.717, 1.165) is 31.7 Å². The Kier molecular flexibility index (Phi) is 4.41. The van der Waals surface area contributed by atoms with E-state index < -0.39 is 0 Å². The summed E-state index contributed by atoms with van der Waals surface area (Å²) in [5.41, 5.74) is 2.34. The minimum atomic E-state index is 0.153. The van der Waals surface area contributed by atoms with Gasteiger partial charge in [0.2, 0.25) is 0 Å². The molecule has 3 rings (SSSR count). The zero-order valence-corrected chi connectivity index (χ0v) is 11.5. The Hall–Kier alpha value is -1.71. The SMILES string of the molecule is c1ccc(C(NC2CCOCC2)c2ccccn2)cc1. The van der Waals surface area contributed by atoms with Crippen molar-refractivity contribution in [3.63, 3.8) is 0 Å². The molecule has 20 heavy (non-hydrogen) atoms. The summed E-state index contributed by atoms with van der Waals surface area (Å²) in [6.45, 7) is 1.70. The maximum atomic E-state index is 5.44. The summed E-state index contributed by atoms with van der Waals surface area (Å²) in [6.07, 6.45) is 3.99. The smallest absolute Gasteiger partial charge is 0.0753 e. The summed E-state index contributed by atoms with van der Waals surface area (Å²) in [6, 6.07) is 17.3. The number of hydrogen-bond donors (Lipinski definition) is 1. The van der Waals surface area contributed by atoms with E-state index in [2.05, 4.69) is 40.6 Å². The van der Waals surface area contributed by atoms with Gasteiger partial charge in [-0.2, -0.15) is 0 Å². The lowest BCUT2D eigenvalue weighted by atomic mass is 10.00. The van der Waals surface area contributed by atoms with E-state index >= 15 is 0 Å². The molecule has 1 aromatic carbocycles. The Morgan fingerprint density at radius 3 is 2.45 bits per heavy atom. The molecule has 3 heteroatoms. The van der Waals surface area contributed by atoms with Crippen LogP contribution in [-0.2, 0) is 4.74 Å². The molecule has 2 heterocycles. The molecule has 104 valence electrons. The van der Waals surface area contributed by atoms with Crippen LogP contribution in [-0.4, -0.2) is 24.2 Å². The first-order valence-electron chi connectivity index (χ1n) is 7.23. The van der Waals surface area contributed by atoms with E-state index in [1.54, 1.807) is 0 Å². The highest BCUT2D eigenvalue weighted by atomic mass is 16.5. The molecular weight excluding hydrogens is 248 g/mol. The van der Waals surface area contributed by atoms with Gasteiger partial charge < -0.3 is 10.1 Å². The van der Waals surface area contributed by atoms with Crippen LogP contribution in [0.15, 0.2) is 54.7 Å². The summed E-state index contributed by atoms with van der Waals surface area (Å²) in [5.74, 6) is 0. The van der Waals surface area contributed by atoms with E-state index in [1.165, 1.54) is 5.56 Å². The van der Waals surface area contributed by atoms with Crippen LogP contribution in [0.4, 0.5) is 0 Å². The van der Waals surface area contributed by atoms with Crippen molar-refractivity contribution in [2.45, 2.75) is 24.9 Å². The molecule has 2 aromatic rings. The number of rotatable bonds is 4. The molecule has 1 aliphatic rings. The summed E-state index contributed by atoms with van der Waals surface area (Å²) in [4.78, 5) is 4.53. The molecule has 1 atom stereocenters. The van der Waals surface area contributed by atoms with Crippen molar-refractivity contribution < 1.29 is 4.74 Å². The minimum absolute atomic E-state index is 0.153. The molecule has 1 saturated heterocycles. The Morgan fingerprint density at radius 2 is 1.75 bits per heavy atom. The Bertz CT molecular complexity index is 470. The molecule has 3 nitrogen and oxygen atoms in total. The third-order valence-corrected chi connectivity index (χ3v) is 3.74. The second-order valence-corrected chi connectivity index (χ2v) is 5.15. The maximum Gasteiger partial charge on any atom is 0.0753 e. The van der Waals surface area contributed by atoms with Crippen molar-refractivity contribution in [1.82, 2.24) is 10.3 Å². The number of ether oxygens (including phenoxy) is 1. The fraction of sp³-hybridized carbons (Fsp3) is 0.353. The first-order valence-corrected chi connectivity index (χ1v) is 7.23. The van der Waals surface area contributed by atoms with Crippen molar-refractivity contribution in [2.24, 2.45) is 0 Å². The highest BCUT2D eigenvalue weighted by molar-refractivity contribution is 5.27. The molecule has 0 radical (unpaired) electrons. The molecule has 0 aliphatic carbocycles. The van der Waals surface area contributed by atoms with E-state index in [0.29, 0.717) is 6.04 Å². The van der Waals surface area contributed by atoms with E-state index in [-0.39, 0.29) is 6.04 Å². The molecule has 1 fully saturated rings. The molecule has 1 aliphatic heterocycles. The Labute approximate surface area is 120 Å². The zero-order valence-electron chi connectivity index (χ0n) is 11.5. The molecule has 1 N–H and O–H groups in total. The fourth-order valence-corrected chi connectivity index (χ4v) is 2.64. The number of nitrogens with one attached hydrogen (secondary N) is 1. The molecule has 1 aromatic heterocycles. The van der Waals surface area contributed by atoms with Gasteiger partial charge in [-0.1, -0.05) is 36.4 Å². The first kappa shape index (κ1) is 13.3. The van der Waals surface area contributed by atoms with Crippen LogP contribution in [0.2, 0.25) is 0 Å². The Morgan fingerprint density at radius 1 is 1.00 bits per heavy atom. The number of aromatic nitrogens is 1. The lowest BCUT2D eigenvalue weighted by Crippen LogP contribution is -2.38. The van der Waals surface area contributed by atoms with Crippen molar-refractivity contribution in [3.05, 3.63) is 66.0 Å². The molecule has 1 unspecified atom stereocenters. The topological polar surface area (TPSA) is 34.1 Å². The largest absolute Gasteiger partial charge is 0.381 e. The van der Waals surface area contributed by atoms with Gasteiger partial charge >= 0.3 is 0 Å². The first-order chi connectivity index (χ1) is 9.93. The van der Waals surface area contributed by atoms with Crippen LogP contribution in [0.1, 0.15) is 30.1 Å². The molecule has 0 spiro atoms. The number of hydrogen-bond acceptors (Lipinski definition) is 3. The predicted molar refractivity (Wildman–Crippen MR) is 79.5 cm³/mol. The molecule has 0 bridgehead atoms. The van der Waals surface area contributed by atoms with Crippen LogP contribution < -0.4 is 5.32 Å². The number of benzene rings is 1. The van der Waals surface area contributed by atoms with Gasteiger partial charge in [0.25, 0.3) is 0 Å². The quantitative estimate of drug-likeness (QED) is 0.925. The average Bonchev–Trinajstić information content (AvgIpc) is 2.55. The van der Waals surface area contributed by atoms with Gasteiger partial charge in [0.15, 0.2) is 0 Å². The van der Waals surface area contributed by atoms with Gasteiger partial charge in [-0.25, -0.2) is 0 Å². The van der Waals surface area contributed by atoms with E-state index in [1.807, 2.05) is 24.4 Å². The van der Waals surface area contributed by atoms with Crippen LogP contribution >= 0.6 is 0 Å². The van der Waals surface area contributed by atoms with Gasteiger partial charge in [-0.15, -0.1) is 0 Å². The monoisotopic (exact) mass is 268 g/mol. The summed E-state index contributed by atoms with van der Waals surface area (Å²) >= 11 is 0. The van der Waals surface area contributed by atoms with Crippen LogP contribution in [0.3, 0.4) is 0 Å². The Balaban J connectivity index is 1.83. The van der Waals surface area contributed by atoms with Gasteiger partial charge in [-0.3, -0.25) is 4.98 Å². The van der Waals surface area contributed by atoms with Crippen molar-refractivity contribution in [3.8, 4) is 0 Å². The normalized spacial score (nSPS) is 17.8. The highest BCUT2D eigenvalue weighted by Gasteiger charge is 2.21. The molecular formula is C17H20N2O. The summed E-state index contributed by atoms with van der Waals surface area (Å²) in [7, 11) is 0. The average molecular weight is 268 g/mol. The fourth-order valence-electron chi connectivity index (χ4n) is 2.64. The van der Waals surface area contributed by atoms with Gasteiger partial charge in [0.1, 0.15) is 0 Å². The lowest BCUT2D eigenvalue weighted by molar-refractivity contribution is 0.0759. The third kappa shape index (κ3) is 3.24. The number of pyridine rings is 1. The maximum absolute atomic E-state index is 5.44. The minimum Gasteiger partial charge on any atom is -0.381 e. The zero-order chi connectivity index (χ0) is 13.6. The standard InChI is InChI=1S/C17H20N2O/c1-2-6-14(7-3-1)17(16-8-4-5-11-18-16)19-15-9-12-20-13-10-15/h1-8,11,15,17,19H,9-10,12-13H2. The third-order valence-electron chi connectivity index (χ3n) is 3.74. The van der Waals surface area contributed by atoms with Crippen LogP contribution in [0.5, 0.6) is 0 Å². The highest BCUT2D eigenvalue weighted by Crippen LogP contribution is 2.22. The van der Waals surface area contributed by atoms with Gasteiger partial charge in [0, 0.05) is 25.5 Å². The number of nitrogens with zero attached hydrogens (tertiary/aromatic N) is 1. The van der Waals surface area contributed by atoms with E-state index in [9.17, 15) is 0 Å². The molecule has 0 amide bonds. The second-order valence-electron chi connectivity index (χ2n) is 5.15. The van der Waals surface area contributed by atoms with Gasteiger partial charge in [0.05, 0.1) is 11.7 Å². The summed E-state index contributed by atoms with van der Waals surface area (Å²) < 4.78 is 5.44. The van der Waals surface area contributed by atoms with Crippen molar-refractivity contribution in [1.29, 1.82) is 0 Å².